The van der Waals surface area contributed by atoms with Gasteiger partial charge < -0.3 is 10.2 Å². The molecule has 0 saturated heterocycles. The second-order valence-corrected chi connectivity index (χ2v) is 2.86. The van der Waals surface area contributed by atoms with Crippen molar-refractivity contribution in [2.75, 3.05) is 5.01 Å². The smallest absolute Gasteiger partial charge is 0.358 e. The molecule has 0 aromatic carbocycles. The van der Waals surface area contributed by atoms with E-state index in [1.165, 1.54) is 0 Å². The van der Waals surface area contributed by atoms with Crippen LogP contribution in [-0.4, -0.2) is 38.2 Å². The Bertz CT molecular complexity index is 517. The van der Waals surface area contributed by atoms with Gasteiger partial charge in [0.2, 0.25) is 0 Å². The van der Waals surface area contributed by atoms with Crippen LogP contribution < -0.4 is 22.1 Å². The van der Waals surface area contributed by atoms with E-state index in [1.54, 1.807) is 5.43 Å². The Morgan fingerprint density at radius 1 is 1.28 bits per heavy atom. The molecule has 11 nitrogen and oxygen atoms in total. The summed E-state index contributed by atoms with van der Waals surface area (Å²) in [6.07, 6.45) is 0.726. The summed E-state index contributed by atoms with van der Waals surface area (Å²) >= 11 is 0. The van der Waals surface area contributed by atoms with Gasteiger partial charge in [-0.25, -0.2) is 41.0 Å². The van der Waals surface area contributed by atoms with Crippen molar-refractivity contribution in [3.05, 3.63) is 17.6 Å². The fourth-order valence-electron chi connectivity index (χ4n) is 0.967. The molecule has 0 aliphatic carbocycles. The van der Waals surface area contributed by atoms with Crippen LogP contribution >= 0.6 is 0 Å². The van der Waals surface area contributed by atoms with Crippen molar-refractivity contribution >= 4 is 23.8 Å². The number of nitrogens with two attached hydrogens (primary N) is 2. The third-order valence-electron chi connectivity index (χ3n) is 1.75. The Balaban J connectivity index is 3.36. The SMILES string of the molecule is NNC(=O)N(N)c1nc(C(=O)O)cnc1C(=O)O. The number of hydrazine groups is 2. The second kappa shape index (κ2) is 5.03. The van der Waals surface area contributed by atoms with E-state index in [1.807, 2.05) is 0 Å². The molecule has 1 rings (SSSR count). The van der Waals surface area contributed by atoms with Crippen molar-refractivity contribution in [2.24, 2.45) is 11.7 Å². The monoisotopic (exact) mass is 256 g/mol. The van der Waals surface area contributed by atoms with E-state index in [4.69, 9.17) is 21.9 Å². The molecule has 0 atom stereocenters. The zero-order valence-corrected chi connectivity index (χ0v) is 8.69. The van der Waals surface area contributed by atoms with E-state index in [-0.39, 0.29) is 5.01 Å². The normalized spacial score (nSPS) is 9.67. The number of hydrogen-bond donors (Lipinski definition) is 5. The summed E-state index contributed by atoms with van der Waals surface area (Å²) in [7, 11) is 0. The van der Waals surface area contributed by atoms with E-state index >= 15 is 0 Å². The summed E-state index contributed by atoms with van der Waals surface area (Å²) in [5.74, 6) is 6.40. The number of anilines is 1. The lowest BCUT2D eigenvalue weighted by Gasteiger charge is -2.16. The number of hydrogen-bond acceptors (Lipinski definition) is 7. The maximum absolute atomic E-state index is 11.1. The van der Waals surface area contributed by atoms with Gasteiger partial charge in [0.15, 0.2) is 17.2 Å². The lowest BCUT2D eigenvalue weighted by atomic mass is 10.3. The van der Waals surface area contributed by atoms with E-state index < -0.39 is 35.2 Å². The molecular weight excluding hydrogens is 248 g/mol. The molecule has 0 spiro atoms. The molecule has 0 saturated carbocycles. The Morgan fingerprint density at radius 3 is 2.33 bits per heavy atom. The molecule has 1 aromatic rings. The van der Waals surface area contributed by atoms with Crippen molar-refractivity contribution in [1.29, 1.82) is 0 Å². The second-order valence-electron chi connectivity index (χ2n) is 2.86. The molecule has 7 N–H and O–H groups in total. The molecular formula is C7H8N6O5. The number of aromatic carboxylic acids is 2. The van der Waals surface area contributed by atoms with Crippen LogP contribution in [0, 0.1) is 0 Å². The first-order valence-corrected chi connectivity index (χ1v) is 4.27. The number of rotatable bonds is 3. The minimum absolute atomic E-state index is 0.239. The fourth-order valence-corrected chi connectivity index (χ4v) is 0.967. The van der Waals surface area contributed by atoms with Gasteiger partial charge in [0, 0.05) is 0 Å². The summed E-state index contributed by atoms with van der Waals surface area (Å²) in [6.45, 7) is 0. The van der Waals surface area contributed by atoms with Crippen molar-refractivity contribution < 1.29 is 24.6 Å². The van der Waals surface area contributed by atoms with Gasteiger partial charge in [0.05, 0.1) is 6.20 Å². The number of aromatic nitrogens is 2. The third kappa shape index (κ3) is 2.47. The first-order chi connectivity index (χ1) is 8.38. The Hall–Kier alpha value is -2.79. The Morgan fingerprint density at radius 2 is 1.89 bits per heavy atom. The highest BCUT2D eigenvalue weighted by atomic mass is 16.4. The number of carbonyl (C=O) groups is 3. The zero-order valence-electron chi connectivity index (χ0n) is 8.69. The summed E-state index contributed by atoms with van der Waals surface area (Å²) in [5.41, 5.74) is 0.369. The molecule has 0 radical (unpaired) electrons. The highest BCUT2D eigenvalue weighted by Crippen LogP contribution is 2.13. The van der Waals surface area contributed by atoms with Gasteiger partial charge >= 0.3 is 18.0 Å². The molecule has 0 unspecified atom stereocenters. The highest BCUT2D eigenvalue weighted by Gasteiger charge is 2.23. The van der Waals surface area contributed by atoms with Gasteiger partial charge in [-0.2, -0.15) is 0 Å². The van der Waals surface area contributed by atoms with Crippen LogP contribution in [0.5, 0.6) is 0 Å². The van der Waals surface area contributed by atoms with Gasteiger partial charge in [0.1, 0.15) is 0 Å². The Kier molecular flexibility index (Phi) is 3.71. The minimum atomic E-state index is -1.53. The van der Waals surface area contributed by atoms with E-state index in [0.29, 0.717) is 0 Å². The van der Waals surface area contributed by atoms with Crippen LogP contribution in [-0.2, 0) is 0 Å². The summed E-state index contributed by atoms with van der Waals surface area (Å²) in [6, 6.07) is -1.09. The number of carboxylic acid groups (broad SMARTS) is 2. The molecule has 1 aromatic heterocycles. The summed E-state index contributed by atoms with van der Waals surface area (Å²) in [5, 5.41) is 17.7. The fraction of sp³-hybridized carbons (Fsp3) is 0. The lowest BCUT2D eigenvalue weighted by molar-refractivity contribution is 0.0671. The lowest BCUT2D eigenvalue weighted by Crippen LogP contribution is -2.48. The Labute approximate surface area is 99.0 Å². The van der Waals surface area contributed by atoms with Crippen LogP contribution in [0.4, 0.5) is 10.6 Å². The minimum Gasteiger partial charge on any atom is -0.476 e. The van der Waals surface area contributed by atoms with E-state index in [0.717, 1.165) is 6.20 Å². The third-order valence-corrected chi connectivity index (χ3v) is 1.75. The van der Waals surface area contributed by atoms with Gasteiger partial charge in [0.25, 0.3) is 0 Å². The molecule has 2 amide bonds. The van der Waals surface area contributed by atoms with Gasteiger partial charge in [-0.3, -0.25) is 5.43 Å². The van der Waals surface area contributed by atoms with Crippen LogP contribution in [0.15, 0.2) is 6.20 Å². The average molecular weight is 256 g/mol. The molecule has 0 aliphatic rings. The number of carbonyl (C=O) groups excluding carboxylic acids is 1. The quantitative estimate of drug-likeness (QED) is 0.235. The first-order valence-electron chi connectivity index (χ1n) is 4.27. The zero-order chi connectivity index (χ0) is 13.9. The molecule has 18 heavy (non-hydrogen) atoms. The molecule has 0 bridgehead atoms. The van der Waals surface area contributed by atoms with Gasteiger partial charge in [-0.15, -0.1) is 0 Å². The van der Waals surface area contributed by atoms with E-state index in [2.05, 4.69) is 9.97 Å². The number of nitrogens with one attached hydrogen (secondary N) is 1. The van der Waals surface area contributed by atoms with Gasteiger partial charge in [-0.05, 0) is 0 Å². The molecule has 0 fully saturated rings. The number of nitrogens with zero attached hydrogens (tertiary/aromatic N) is 3. The standard InChI is InChI=1S/C7H8N6O5/c8-12-7(18)13(9)4-3(6(16)17)10-1-2(11-4)5(14)15/h1H,8-9H2,(H,12,18)(H,14,15)(H,16,17). The summed E-state index contributed by atoms with van der Waals surface area (Å²) in [4.78, 5) is 39.4. The predicted molar refractivity (Wildman–Crippen MR) is 55.3 cm³/mol. The number of amides is 2. The topological polar surface area (TPSA) is 185 Å². The molecule has 1 heterocycles. The molecule has 96 valence electrons. The highest BCUT2D eigenvalue weighted by molar-refractivity contribution is 5.98. The molecule has 0 aliphatic heterocycles. The van der Waals surface area contributed by atoms with Crippen molar-refractivity contribution in [2.45, 2.75) is 0 Å². The number of carboxylic acids is 2. The number of urea groups is 1. The van der Waals surface area contributed by atoms with Crippen LogP contribution in [0.1, 0.15) is 21.0 Å². The average Bonchev–Trinajstić information content (AvgIpc) is 2.35. The molecule has 11 heteroatoms. The van der Waals surface area contributed by atoms with Crippen LogP contribution in [0.3, 0.4) is 0 Å². The van der Waals surface area contributed by atoms with Crippen molar-refractivity contribution in [3.8, 4) is 0 Å². The van der Waals surface area contributed by atoms with Crippen molar-refractivity contribution in [3.63, 3.8) is 0 Å². The largest absolute Gasteiger partial charge is 0.476 e. The van der Waals surface area contributed by atoms with Gasteiger partial charge in [-0.1, -0.05) is 0 Å². The maximum Gasteiger partial charge on any atom is 0.358 e. The summed E-state index contributed by atoms with van der Waals surface area (Å²) < 4.78 is 0. The van der Waals surface area contributed by atoms with E-state index in [9.17, 15) is 14.4 Å². The maximum atomic E-state index is 11.1. The predicted octanol–water partition coefficient (Wildman–Crippen LogP) is -1.86. The van der Waals surface area contributed by atoms with Crippen LogP contribution in [0.2, 0.25) is 0 Å². The van der Waals surface area contributed by atoms with Crippen molar-refractivity contribution in [1.82, 2.24) is 15.4 Å². The van der Waals surface area contributed by atoms with Crippen LogP contribution in [0.25, 0.3) is 0 Å². The first kappa shape index (κ1) is 13.3.